The highest BCUT2D eigenvalue weighted by atomic mass is 32.1. The second kappa shape index (κ2) is 8.71. The lowest BCUT2D eigenvalue weighted by molar-refractivity contribution is -0.140. The lowest BCUT2D eigenvalue weighted by Crippen LogP contribution is -2.19. The monoisotopic (exact) mass is 400 g/mol. The summed E-state index contributed by atoms with van der Waals surface area (Å²) in [6.45, 7) is 0.365. The number of fused-ring (bicyclic) bond motifs is 1. The lowest BCUT2D eigenvalue weighted by Gasteiger charge is -2.06. The van der Waals surface area contributed by atoms with Crippen LogP contribution in [0.1, 0.15) is 16.8 Å². The molecular weight excluding hydrogens is 380 g/mol. The van der Waals surface area contributed by atoms with Crippen LogP contribution in [0.2, 0.25) is 0 Å². The maximum Gasteiger partial charge on any atom is 0.307 e. The summed E-state index contributed by atoms with van der Waals surface area (Å²) in [5, 5.41) is 0. The first-order chi connectivity index (χ1) is 13.5. The normalized spacial score (nSPS) is 11.5. The largest absolute Gasteiger partial charge is 0.497 e. The number of thiazole rings is 1. The molecule has 3 aromatic rings. The number of amides is 1. The first kappa shape index (κ1) is 19.6. The molecule has 1 aromatic heterocycles. The number of ether oxygens (including phenoxy) is 3. The van der Waals surface area contributed by atoms with Gasteiger partial charge in [0.15, 0.2) is 4.80 Å². The summed E-state index contributed by atoms with van der Waals surface area (Å²) >= 11 is 1.39. The second-order valence-corrected chi connectivity index (χ2v) is 6.86. The van der Waals surface area contributed by atoms with Crippen LogP contribution in [0.15, 0.2) is 47.5 Å². The van der Waals surface area contributed by atoms with Crippen LogP contribution < -0.4 is 14.3 Å². The maximum absolute atomic E-state index is 12.8. The summed E-state index contributed by atoms with van der Waals surface area (Å²) in [5.74, 6) is 0.272. The quantitative estimate of drug-likeness (QED) is 0.594. The number of hydrogen-bond acceptors (Lipinski definition) is 6. The van der Waals surface area contributed by atoms with E-state index in [1.165, 1.54) is 32.7 Å². The average Bonchev–Trinajstić information content (AvgIpc) is 3.08. The molecule has 0 aliphatic rings. The van der Waals surface area contributed by atoms with Crippen molar-refractivity contribution >= 4 is 33.4 Å². The van der Waals surface area contributed by atoms with Crippen molar-refractivity contribution in [2.24, 2.45) is 4.99 Å². The molecule has 0 spiro atoms. The van der Waals surface area contributed by atoms with Crippen molar-refractivity contribution in [3.05, 3.63) is 52.8 Å². The summed E-state index contributed by atoms with van der Waals surface area (Å²) in [6.07, 6.45) is 0.186. The molecule has 3 rings (SSSR count). The van der Waals surface area contributed by atoms with E-state index in [0.29, 0.717) is 28.4 Å². The van der Waals surface area contributed by atoms with E-state index in [4.69, 9.17) is 14.2 Å². The van der Waals surface area contributed by atoms with E-state index in [9.17, 15) is 9.59 Å². The number of nitrogens with zero attached hydrogens (tertiary/aromatic N) is 2. The zero-order valence-corrected chi connectivity index (χ0v) is 16.6. The zero-order valence-electron chi connectivity index (χ0n) is 15.8. The minimum Gasteiger partial charge on any atom is -0.497 e. The molecule has 28 heavy (non-hydrogen) atoms. The number of benzene rings is 2. The zero-order chi connectivity index (χ0) is 20.1. The van der Waals surface area contributed by atoms with Crippen LogP contribution in [-0.4, -0.2) is 37.8 Å². The van der Waals surface area contributed by atoms with Gasteiger partial charge in [-0.2, -0.15) is 4.99 Å². The van der Waals surface area contributed by atoms with Crippen molar-refractivity contribution in [2.75, 3.05) is 21.3 Å². The number of rotatable bonds is 6. The molecular formula is C20H20N2O5S. The van der Waals surface area contributed by atoms with Gasteiger partial charge < -0.3 is 18.8 Å². The van der Waals surface area contributed by atoms with Gasteiger partial charge in [0.2, 0.25) is 0 Å². The van der Waals surface area contributed by atoms with Crippen LogP contribution >= 0.6 is 11.3 Å². The van der Waals surface area contributed by atoms with E-state index in [-0.39, 0.29) is 12.4 Å². The standard InChI is InChI=1S/C20H20N2O5S/c1-25-14-10-13(11-15(12-14)26-2)19(24)21-20-22(9-8-18(23)27-3)16-6-4-5-7-17(16)28-20/h4-7,10-12H,8-9H2,1-3H3. The summed E-state index contributed by atoms with van der Waals surface area (Å²) < 4.78 is 18.0. The van der Waals surface area contributed by atoms with Crippen LogP contribution in [0, 0.1) is 0 Å². The van der Waals surface area contributed by atoms with Crippen LogP contribution in [0.5, 0.6) is 11.5 Å². The first-order valence-corrected chi connectivity index (χ1v) is 9.34. The Kier molecular flexibility index (Phi) is 6.10. The van der Waals surface area contributed by atoms with Gasteiger partial charge in [0.05, 0.1) is 38.0 Å². The summed E-state index contributed by atoms with van der Waals surface area (Å²) in [7, 11) is 4.39. The molecule has 0 atom stereocenters. The Hall–Kier alpha value is -3.13. The Labute approximate surface area is 165 Å². The van der Waals surface area contributed by atoms with Crippen molar-refractivity contribution in [3.63, 3.8) is 0 Å². The van der Waals surface area contributed by atoms with Crippen LogP contribution in [0.25, 0.3) is 10.2 Å². The van der Waals surface area contributed by atoms with Gasteiger partial charge in [0, 0.05) is 18.2 Å². The van der Waals surface area contributed by atoms with Gasteiger partial charge in [0.25, 0.3) is 5.91 Å². The number of esters is 1. The van der Waals surface area contributed by atoms with E-state index >= 15 is 0 Å². The third-order valence-corrected chi connectivity index (χ3v) is 5.21. The van der Waals surface area contributed by atoms with Crippen molar-refractivity contribution in [1.82, 2.24) is 4.57 Å². The molecule has 0 saturated heterocycles. The van der Waals surface area contributed by atoms with Gasteiger partial charge in [-0.25, -0.2) is 0 Å². The van der Waals surface area contributed by atoms with Gasteiger partial charge in [0.1, 0.15) is 11.5 Å². The number of hydrogen-bond donors (Lipinski definition) is 0. The van der Waals surface area contributed by atoms with Gasteiger partial charge in [-0.1, -0.05) is 23.5 Å². The minimum atomic E-state index is -0.421. The Bertz CT molecular complexity index is 1060. The van der Waals surface area contributed by atoms with E-state index in [0.717, 1.165) is 10.2 Å². The predicted molar refractivity (Wildman–Crippen MR) is 106 cm³/mol. The van der Waals surface area contributed by atoms with Crippen molar-refractivity contribution in [1.29, 1.82) is 0 Å². The lowest BCUT2D eigenvalue weighted by atomic mass is 10.2. The van der Waals surface area contributed by atoms with E-state index in [1.807, 2.05) is 28.8 Å². The number of para-hydroxylation sites is 1. The summed E-state index contributed by atoms with van der Waals surface area (Å²) in [4.78, 5) is 29.2. The molecule has 0 aliphatic carbocycles. The Morgan fingerprint density at radius 1 is 1.04 bits per heavy atom. The summed E-state index contributed by atoms with van der Waals surface area (Å²) in [5.41, 5.74) is 1.26. The van der Waals surface area contributed by atoms with E-state index in [2.05, 4.69) is 4.99 Å². The Morgan fingerprint density at radius 3 is 2.36 bits per heavy atom. The molecule has 0 fully saturated rings. The minimum absolute atomic E-state index is 0.186. The maximum atomic E-state index is 12.8. The fraction of sp³-hybridized carbons (Fsp3) is 0.250. The molecule has 146 valence electrons. The molecule has 0 N–H and O–H groups in total. The molecule has 0 bridgehead atoms. The number of carbonyl (C=O) groups excluding carboxylic acids is 2. The molecule has 7 nitrogen and oxygen atoms in total. The number of aryl methyl sites for hydroxylation is 1. The third kappa shape index (κ3) is 4.23. The fourth-order valence-electron chi connectivity index (χ4n) is 2.71. The molecule has 1 amide bonds. The number of methoxy groups -OCH3 is 3. The molecule has 0 aliphatic heterocycles. The predicted octanol–water partition coefficient (Wildman–Crippen LogP) is 3.02. The highest BCUT2D eigenvalue weighted by molar-refractivity contribution is 7.16. The molecule has 0 saturated carbocycles. The van der Waals surface area contributed by atoms with Gasteiger partial charge in [-0.3, -0.25) is 9.59 Å². The number of carbonyl (C=O) groups is 2. The smallest absolute Gasteiger partial charge is 0.307 e. The molecule has 0 radical (unpaired) electrons. The van der Waals surface area contributed by atoms with Gasteiger partial charge >= 0.3 is 5.97 Å². The topological polar surface area (TPSA) is 79.1 Å². The Morgan fingerprint density at radius 2 is 1.71 bits per heavy atom. The van der Waals surface area contributed by atoms with Crippen LogP contribution in [0.4, 0.5) is 0 Å². The molecule has 2 aromatic carbocycles. The highest BCUT2D eigenvalue weighted by Gasteiger charge is 2.12. The van der Waals surface area contributed by atoms with Crippen molar-refractivity contribution in [3.8, 4) is 11.5 Å². The number of aromatic nitrogens is 1. The SMILES string of the molecule is COC(=O)CCn1c(=NC(=O)c2cc(OC)cc(OC)c2)sc2ccccc21. The first-order valence-electron chi connectivity index (χ1n) is 8.53. The highest BCUT2D eigenvalue weighted by Crippen LogP contribution is 2.23. The van der Waals surface area contributed by atoms with E-state index in [1.54, 1.807) is 18.2 Å². The van der Waals surface area contributed by atoms with E-state index < -0.39 is 5.91 Å². The Balaban J connectivity index is 2.05. The molecule has 1 heterocycles. The molecule has 8 heteroatoms. The van der Waals surface area contributed by atoms with Crippen LogP contribution in [0.3, 0.4) is 0 Å². The average molecular weight is 400 g/mol. The summed E-state index contributed by atoms with van der Waals surface area (Å²) in [6, 6.07) is 12.6. The van der Waals surface area contributed by atoms with Crippen LogP contribution in [-0.2, 0) is 16.1 Å². The van der Waals surface area contributed by atoms with Crippen molar-refractivity contribution in [2.45, 2.75) is 13.0 Å². The third-order valence-electron chi connectivity index (χ3n) is 4.15. The second-order valence-electron chi connectivity index (χ2n) is 5.85. The van der Waals surface area contributed by atoms with Gasteiger partial charge in [-0.15, -0.1) is 0 Å². The van der Waals surface area contributed by atoms with Gasteiger partial charge in [-0.05, 0) is 24.3 Å². The molecule has 0 unspecified atom stereocenters. The fourth-order valence-corrected chi connectivity index (χ4v) is 3.76. The van der Waals surface area contributed by atoms with Crippen molar-refractivity contribution < 1.29 is 23.8 Å².